The molecule has 0 unspecified atom stereocenters. The molecule has 2 aromatic rings. The van der Waals surface area contributed by atoms with Gasteiger partial charge in [0.25, 0.3) is 5.91 Å². The van der Waals surface area contributed by atoms with Crippen LogP contribution in [0.1, 0.15) is 15.9 Å². The summed E-state index contributed by atoms with van der Waals surface area (Å²) >= 11 is 3.36. The summed E-state index contributed by atoms with van der Waals surface area (Å²) in [6.45, 7) is 0. The van der Waals surface area contributed by atoms with E-state index in [0.717, 1.165) is 10.0 Å². The molecule has 0 aliphatic carbocycles. The topological polar surface area (TPSA) is 68.3 Å². The second kappa shape index (κ2) is 7.70. The van der Waals surface area contributed by atoms with Crippen LogP contribution < -0.4 is 5.32 Å². The molecule has 0 fully saturated rings. The minimum atomic E-state index is -0.744. The molecule has 0 bridgehead atoms. The number of carbonyl (C=O) groups is 2. The average molecular weight is 363 g/mol. The Morgan fingerprint density at radius 3 is 2.41 bits per heavy atom. The Morgan fingerprint density at radius 1 is 1.18 bits per heavy atom. The summed E-state index contributed by atoms with van der Waals surface area (Å²) in [7, 11) is 1.30. The first kappa shape index (κ1) is 16.2. The number of ether oxygens (including phenoxy) is 1. The average Bonchev–Trinajstić information content (AvgIpc) is 2.56. The minimum absolute atomic E-state index is 0.338. The van der Waals surface area contributed by atoms with Crippen molar-refractivity contribution in [3.63, 3.8) is 0 Å². The van der Waals surface area contributed by atoms with Gasteiger partial charge in [0.1, 0.15) is 6.04 Å². The molecule has 5 nitrogen and oxygen atoms in total. The van der Waals surface area contributed by atoms with E-state index < -0.39 is 12.0 Å². The fourth-order valence-electron chi connectivity index (χ4n) is 1.94. The molecule has 6 heteroatoms. The Morgan fingerprint density at radius 2 is 1.82 bits per heavy atom. The number of carbonyl (C=O) groups excluding carboxylic acids is 2. The number of nitrogens with zero attached hydrogens (tertiary/aromatic N) is 1. The van der Waals surface area contributed by atoms with E-state index in [9.17, 15) is 9.59 Å². The van der Waals surface area contributed by atoms with Gasteiger partial charge in [-0.05, 0) is 29.8 Å². The minimum Gasteiger partial charge on any atom is -0.467 e. The van der Waals surface area contributed by atoms with Crippen molar-refractivity contribution in [1.82, 2.24) is 10.3 Å². The van der Waals surface area contributed by atoms with E-state index in [1.165, 1.54) is 19.5 Å². The van der Waals surface area contributed by atoms with Crippen LogP contribution in [-0.4, -0.2) is 30.0 Å². The van der Waals surface area contributed by atoms with E-state index >= 15 is 0 Å². The summed E-state index contributed by atoms with van der Waals surface area (Å²) in [6.07, 6.45) is 3.41. The highest BCUT2D eigenvalue weighted by molar-refractivity contribution is 9.10. The molecule has 1 aromatic heterocycles. The lowest BCUT2D eigenvalue weighted by molar-refractivity contribution is -0.142. The van der Waals surface area contributed by atoms with Gasteiger partial charge in [0, 0.05) is 28.9 Å². The van der Waals surface area contributed by atoms with Crippen LogP contribution in [-0.2, 0) is 16.0 Å². The Bertz CT molecular complexity index is 644. The van der Waals surface area contributed by atoms with Gasteiger partial charge in [0.15, 0.2) is 0 Å². The van der Waals surface area contributed by atoms with E-state index in [2.05, 4.69) is 26.2 Å². The van der Waals surface area contributed by atoms with E-state index in [1.54, 1.807) is 12.1 Å². The molecule has 0 saturated carbocycles. The molecule has 1 amide bonds. The zero-order chi connectivity index (χ0) is 15.9. The lowest BCUT2D eigenvalue weighted by atomic mass is 10.1. The second-order valence-corrected chi connectivity index (χ2v) is 5.53. The maximum Gasteiger partial charge on any atom is 0.328 e. The third kappa shape index (κ3) is 4.39. The number of methoxy groups -OCH3 is 1. The highest BCUT2D eigenvalue weighted by atomic mass is 79.9. The van der Waals surface area contributed by atoms with Crippen molar-refractivity contribution in [1.29, 1.82) is 0 Å². The largest absolute Gasteiger partial charge is 0.467 e. The molecule has 1 atom stereocenters. The molecule has 0 aliphatic rings. The second-order valence-electron chi connectivity index (χ2n) is 4.62. The molecule has 1 heterocycles. The summed E-state index contributed by atoms with van der Waals surface area (Å²) in [5.41, 5.74) is 1.37. The molecule has 2 rings (SSSR count). The van der Waals surface area contributed by atoms with Crippen LogP contribution in [0.2, 0.25) is 0 Å². The van der Waals surface area contributed by atoms with E-state index in [1.807, 2.05) is 24.3 Å². The van der Waals surface area contributed by atoms with Crippen LogP contribution >= 0.6 is 15.9 Å². The zero-order valence-corrected chi connectivity index (χ0v) is 13.5. The number of rotatable bonds is 5. The van der Waals surface area contributed by atoms with Gasteiger partial charge in [-0.1, -0.05) is 28.1 Å². The van der Waals surface area contributed by atoms with Crippen LogP contribution in [0, 0.1) is 0 Å². The summed E-state index contributed by atoms with van der Waals surface area (Å²) in [5, 5.41) is 2.69. The van der Waals surface area contributed by atoms with Gasteiger partial charge in [0.05, 0.1) is 7.11 Å². The Balaban J connectivity index is 2.11. The van der Waals surface area contributed by atoms with E-state index in [0.29, 0.717) is 12.0 Å². The van der Waals surface area contributed by atoms with Gasteiger partial charge >= 0.3 is 5.97 Å². The first-order valence-electron chi connectivity index (χ1n) is 6.63. The standard InChI is InChI=1S/C16H15BrN2O3/c1-22-16(21)14(10-11-2-4-13(17)5-3-11)19-15(20)12-6-8-18-9-7-12/h2-9,14H,10H2,1H3,(H,19,20)/t14-/m1/s1. The van der Waals surface area contributed by atoms with Crippen molar-refractivity contribution in [2.24, 2.45) is 0 Å². The number of esters is 1. The summed E-state index contributed by atoms with van der Waals surface area (Å²) in [4.78, 5) is 27.9. The molecule has 22 heavy (non-hydrogen) atoms. The lowest BCUT2D eigenvalue weighted by Gasteiger charge is -2.16. The van der Waals surface area contributed by atoms with Crippen LogP contribution in [0.4, 0.5) is 0 Å². The third-order valence-corrected chi connectivity index (χ3v) is 3.62. The van der Waals surface area contributed by atoms with Gasteiger partial charge in [-0.25, -0.2) is 4.79 Å². The quantitative estimate of drug-likeness (QED) is 0.829. The van der Waals surface area contributed by atoms with Crippen LogP contribution in [0.15, 0.2) is 53.3 Å². The number of aromatic nitrogens is 1. The normalized spacial score (nSPS) is 11.5. The van der Waals surface area contributed by atoms with Gasteiger partial charge in [-0.15, -0.1) is 0 Å². The van der Waals surface area contributed by atoms with Gasteiger partial charge < -0.3 is 10.1 Å². The van der Waals surface area contributed by atoms with Crippen molar-refractivity contribution in [2.75, 3.05) is 7.11 Å². The smallest absolute Gasteiger partial charge is 0.328 e. The molecule has 114 valence electrons. The highest BCUT2D eigenvalue weighted by Crippen LogP contribution is 2.12. The predicted octanol–water partition coefficient (Wildman–Crippen LogP) is 2.36. The van der Waals surface area contributed by atoms with Gasteiger partial charge in [0.2, 0.25) is 0 Å². The lowest BCUT2D eigenvalue weighted by Crippen LogP contribution is -2.43. The Kier molecular flexibility index (Phi) is 5.66. The molecular formula is C16H15BrN2O3. The van der Waals surface area contributed by atoms with Crippen LogP contribution in [0.5, 0.6) is 0 Å². The zero-order valence-electron chi connectivity index (χ0n) is 12.0. The van der Waals surface area contributed by atoms with Gasteiger partial charge in [-0.2, -0.15) is 0 Å². The fraction of sp³-hybridized carbons (Fsp3) is 0.188. The molecular weight excluding hydrogens is 348 g/mol. The SMILES string of the molecule is COC(=O)[C@@H](Cc1ccc(Br)cc1)NC(=O)c1ccncc1. The van der Waals surface area contributed by atoms with Crippen molar-refractivity contribution >= 4 is 27.8 Å². The van der Waals surface area contributed by atoms with Crippen molar-refractivity contribution in [3.8, 4) is 0 Å². The maximum absolute atomic E-state index is 12.2. The van der Waals surface area contributed by atoms with E-state index in [4.69, 9.17) is 4.74 Å². The van der Waals surface area contributed by atoms with Crippen LogP contribution in [0.3, 0.4) is 0 Å². The number of halogens is 1. The Labute approximate surface area is 136 Å². The fourth-order valence-corrected chi connectivity index (χ4v) is 2.20. The molecule has 0 saturated heterocycles. The summed E-state index contributed by atoms with van der Waals surface area (Å²) in [5.74, 6) is -0.819. The molecule has 0 spiro atoms. The highest BCUT2D eigenvalue weighted by Gasteiger charge is 2.22. The monoisotopic (exact) mass is 362 g/mol. The number of amides is 1. The van der Waals surface area contributed by atoms with Crippen molar-refractivity contribution in [3.05, 3.63) is 64.4 Å². The van der Waals surface area contributed by atoms with E-state index in [-0.39, 0.29) is 5.91 Å². The van der Waals surface area contributed by atoms with Gasteiger partial charge in [-0.3, -0.25) is 9.78 Å². The first-order valence-corrected chi connectivity index (χ1v) is 7.42. The summed E-state index contributed by atoms with van der Waals surface area (Å²) < 4.78 is 5.72. The Hall–Kier alpha value is -2.21. The molecule has 0 aliphatic heterocycles. The molecule has 0 radical (unpaired) electrons. The maximum atomic E-state index is 12.2. The van der Waals surface area contributed by atoms with Crippen LogP contribution in [0.25, 0.3) is 0 Å². The number of hydrogen-bond donors (Lipinski definition) is 1. The number of benzene rings is 1. The molecule has 1 N–H and O–H groups in total. The predicted molar refractivity (Wildman–Crippen MR) is 85.4 cm³/mol. The third-order valence-electron chi connectivity index (χ3n) is 3.09. The number of hydrogen-bond acceptors (Lipinski definition) is 4. The molecule has 1 aromatic carbocycles. The summed E-state index contributed by atoms with van der Waals surface area (Å²) in [6, 6.07) is 9.97. The first-order chi connectivity index (χ1) is 10.6. The number of nitrogens with one attached hydrogen (secondary N) is 1. The van der Waals surface area contributed by atoms with Crippen molar-refractivity contribution in [2.45, 2.75) is 12.5 Å². The van der Waals surface area contributed by atoms with Crippen molar-refractivity contribution < 1.29 is 14.3 Å². The number of pyridine rings is 1.